The van der Waals surface area contributed by atoms with Gasteiger partial charge in [0.1, 0.15) is 24.2 Å². The predicted molar refractivity (Wildman–Crippen MR) is 88.9 cm³/mol. The third kappa shape index (κ3) is 4.40. The van der Waals surface area contributed by atoms with Gasteiger partial charge in [0.25, 0.3) is 0 Å². The molecule has 0 saturated heterocycles. The number of para-hydroxylation sites is 1. The van der Waals surface area contributed by atoms with Crippen molar-refractivity contribution in [3.8, 4) is 11.5 Å². The Morgan fingerprint density at radius 3 is 2.55 bits per heavy atom. The molecule has 0 bridgehead atoms. The molecule has 0 fully saturated rings. The van der Waals surface area contributed by atoms with Gasteiger partial charge in [-0.3, -0.25) is 0 Å². The van der Waals surface area contributed by atoms with Crippen LogP contribution in [0.5, 0.6) is 11.5 Å². The molecule has 0 amide bonds. The van der Waals surface area contributed by atoms with Crippen LogP contribution in [0.4, 0.5) is 5.69 Å². The van der Waals surface area contributed by atoms with Gasteiger partial charge in [0.15, 0.2) is 0 Å². The van der Waals surface area contributed by atoms with Crippen LogP contribution in [-0.4, -0.2) is 38.5 Å². The van der Waals surface area contributed by atoms with E-state index < -0.39 is 6.10 Å². The van der Waals surface area contributed by atoms with Gasteiger partial charge in [-0.2, -0.15) is 0 Å². The highest BCUT2D eigenvalue weighted by atomic mass is 16.5. The highest BCUT2D eigenvalue weighted by Crippen LogP contribution is 2.28. The summed E-state index contributed by atoms with van der Waals surface area (Å²) in [6.07, 6.45) is -0.588. The summed E-state index contributed by atoms with van der Waals surface area (Å²) in [6.45, 7) is 2.75. The molecule has 0 radical (unpaired) electrons. The van der Waals surface area contributed by atoms with Crippen LogP contribution in [0.1, 0.15) is 5.56 Å². The van der Waals surface area contributed by atoms with Crippen LogP contribution in [0.15, 0.2) is 48.5 Å². The number of benzene rings is 2. The molecule has 0 aliphatic heterocycles. The molecule has 0 spiro atoms. The van der Waals surface area contributed by atoms with Gasteiger partial charge in [-0.05, 0) is 36.8 Å². The zero-order chi connectivity index (χ0) is 15.9. The first-order valence-corrected chi connectivity index (χ1v) is 7.32. The molecule has 2 aromatic carbocycles. The smallest absolute Gasteiger partial charge is 0.142 e. The molecular weight excluding hydrogens is 278 g/mol. The standard InChI is InChI=1S/C18H23NO3/c1-14-9-10-18(21-3)17(11-14)19(2)12-15(20)13-22-16-7-5-4-6-8-16/h4-11,15,20H,12-13H2,1-3H3. The summed E-state index contributed by atoms with van der Waals surface area (Å²) in [5, 5.41) is 10.2. The molecule has 0 heterocycles. The SMILES string of the molecule is COc1ccc(C)cc1N(C)CC(O)COc1ccccc1. The van der Waals surface area contributed by atoms with Crippen molar-refractivity contribution in [1.82, 2.24) is 0 Å². The van der Waals surface area contributed by atoms with Crippen LogP contribution in [0.25, 0.3) is 0 Å². The molecular formula is C18H23NO3. The summed E-state index contributed by atoms with van der Waals surface area (Å²) >= 11 is 0. The number of nitrogens with zero attached hydrogens (tertiary/aromatic N) is 1. The molecule has 1 atom stereocenters. The van der Waals surface area contributed by atoms with Gasteiger partial charge in [-0.25, -0.2) is 0 Å². The van der Waals surface area contributed by atoms with Gasteiger partial charge < -0.3 is 19.5 Å². The minimum absolute atomic E-state index is 0.252. The number of hydrogen-bond acceptors (Lipinski definition) is 4. The topological polar surface area (TPSA) is 41.9 Å². The second-order valence-corrected chi connectivity index (χ2v) is 5.33. The number of methoxy groups -OCH3 is 1. The second-order valence-electron chi connectivity index (χ2n) is 5.33. The molecule has 0 aromatic heterocycles. The zero-order valence-corrected chi connectivity index (χ0v) is 13.3. The third-order valence-corrected chi connectivity index (χ3v) is 3.42. The second kappa shape index (κ2) is 7.71. The minimum atomic E-state index is -0.588. The molecule has 22 heavy (non-hydrogen) atoms. The van der Waals surface area contributed by atoms with Crippen LogP contribution in [0, 0.1) is 6.92 Å². The Hall–Kier alpha value is -2.20. The lowest BCUT2D eigenvalue weighted by molar-refractivity contribution is 0.113. The summed E-state index contributed by atoms with van der Waals surface area (Å²) in [6, 6.07) is 15.5. The molecule has 1 N–H and O–H groups in total. The fourth-order valence-electron chi connectivity index (χ4n) is 2.27. The van der Waals surface area contributed by atoms with E-state index in [1.165, 1.54) is 0 Å². The summed E-state index contributed by atoms with van der Waals surface area (Å²) < 4.78 is 11.0. The molecule has 118 valence electrons. The summed E-state index contributed by atoms with van der Waals surface area (Å²) in [7, 11) is 3.58. The predicted octanol–water partition coefficient (Wildman–Crippen LogP) is 2.88. The maximum Gasteiger partial charge on any atom is 0.142 e. The third-order valence-electron chi connectivity index (χ3n) is 3.42. The highest BCUT2D eigenvalue weighted by molar-refractivity contribution is 5.59. The highest BCUT2D eigenvalue weighted by Gasteiger charge is 2.13. The normalized spacial score (nSPS) is 11.8. The van der Waals surface area contributed by atoms with Crippen molar-refractivity contribution >= 4 is 5.69 Å². The van der Waals surface area contributed by atoms with E-state index in [9.17, 15) is 5.11 Å². The van der Waals surface area contributed by atoms with Gasteiger partial charge in [0, 0.05) is 13.6 Å². The lowest BCUT2D eigenvalue weighted by Crippen LogP contribution is -2.33. The first-order chi connectivity index (χ1) is 10.6. The zero-order valence-electron chi connectivity index (χ0n) is 13.3. The van der Waals surface area contributed by atoms with E-state index in [1.54, 1.807) is 7.11 Å². The van der Waals surface area contributed by atoms with E-state index in [-0.39, 0.29) is 6.61 Å². The van der Waals surface area contributed by atoms with Crippen molar-refractivity contribution in [2.45, 2.75) is 13.0 Å². The van der Waals surface area contributed by atoms with Crippen LogP contribution < -0.4 is 14.4 Å². The first-order valence-electron chi connectivity index (χ1n) is 7.32. The Morgan fingerprint density at radius 2 is 1.86 bits per heavy atom. The van der Waals surface area contributed by atoms with Crippen molar-refractivity contribution in [1.29, 1.82) is 0 Å². The molecule has 2 rings (SSSR count). The number of aliphatic hydroxyl groups is 1. The Labute approximate surface area is 131 Å². The van der Waals surface area contributed by atoms with Crippen molar-refractivity contribution in [3.05, 3.63) is 54.1 Å². The number of rotatable bonds is 7. The average molecular weight is 301 g/mol. The van der Waals surface area contributed by atoms with Crippen molar-refractivity contribution < 1.29 is 14.6 Å². The molecule has 0 aliphatic rings. The largest absolute Gasteiger partial charge is 0.495 e. The fourth-order valence-corrected chi connectivity index (χ4v) is 2.27. The van der Waals surface area contributed by atoms with Crippen LogP contribution >= 0.6 is 0 Å². The fraction of sp³-hybridized carbons (Fsp3) is 0.333. The molecule has 2 aromatic rings. The number of ether oxygens (including phenoxy) is 2. The molecule has 4 nitrogen and oxygen atoms in total. The van der Waals surface area contributed by atoms with Crippen LogP contribution in [-0.2, 0) is 0 Å². The summed E-state index contributed by atoms with van der Waals surface area (Å²) in [5.74, 6) is 1.56. The van der Waals surface area contributed by atoms with Crippen molar-refractivity contribution in [2.24, 2.45) is 0 Å². The van der Waals surface area contributed by atoms with Gasteiger partial charge in [0.05, 0.1) is 12.8 Å². The number of aryl methyl sites for hydroxylation is 1. The Kier molecular flexibility index (Phi) is 5.67. The number of aliphatic hydroxyl groups excluding tert-OH is 1. The van der Waals surface area contributed by atoms with E-state index in [2.05, 4.69) is 0 Å². The summed E-state index contributed by atoms with van der Waals surface area (Å²) in [4.78, 5) is 1.98. The van der Waals surface area contributed by atoms with E-state index in [4.69, 9.17) is 9.47 Å². The minimum Gasteiger partial charge on any atom is -0.495 e. The maximum absolute atomic E-state index is 10.2. The molecule has 0 aliphatic carbocycles. The van der Waals surface area contributed by atoms with Gasteiger partial charge in [-0.1, -0.05) is 24.3 Å². The Balaban J connectivity index is 1.93. The molecule has 1 unspecified atom stereocenters. The van der Waals surface area contributed by atoms with Gasteiger partial charge >= 0.3 is 0 Å². The van der Waals surface area contributed by atoms with E-state index >= 15 is 0 Å². The monoisotopic (exact) mass is 301 g/mol. The Bertz CT molecular complexity index is 586. The van der Waals surface area contributed by atoms with Crippen molar-refractivity contribution in [3.63, 3.8) is 0 Å². The van der Waals surface area contributed by atoms with Crippen LogP contribution in [0.2, 0.25) is 0 Å². The average Bonchev–Trinajstić information content (AvgIpc) is 2.54. The first kappa shape index (κ1) is 16.2. The number of anilines is 1. The lowest BCUT2D eigenvalue weighted by Gasteiger charge is -2.25. The molecule has 0 saturated carbocycles. The van der Waals surface area contributed by atoms with E-state index in [0.29, 0.717) is 6.54 Å². The Morgan fingerprint density at radius 1 is 1.14 bits per heavy atom. The van der Waals surface area contributed by atoms with E-state index in [0.717, 1.165) is 22.7 Å². The molecule has 4 heteroatoms. The van der Waals surface area contributed by atoms with Crippen LogP contribution in [0.3, 0.4) is 0 Å². The van der Waals surface area contributed by atoms with Crippen molar-refractivity contribution in [2.75, 3.05) is 32.2 Å². The lowest BCUT2D eigenvalue weighted by atomic mass is 10.2. The maximum atomic E-state index is 10.2. The summed E-state index contributed by atoms with van der Waals surface area (Å²) in [5.41, 5.74) is 2.11. The number of hydrogen-bond donors (Lipinski definition) is 1. The van der Waals surface area contributed by atoms with Gasteiger partial charge in [0.2, 0.25) is 0 Å². The van der Waals surface area contributed by atoms with E-state index in [1.807, 2.05) is 67.4 Å². The van der Waals surface area contributed by atoms with Gasteiger partial charge in [-0.15, -0.1) is 0 Å². The quantitative estimate of drug-likeness (QED) is 0.854. The number of likely N-dealkylation sites (N-methyl/N-ethyl adjacent to an activating group) is 1.